The number of nitrogens with one attached hydrogen (secondary N) is 1. The fourth-order valence-electron chi connectivity index (χ4n) is 3.00. The summed E-state index contributed by atoms with van der Waals surface area (Å²) in [5.74, 6) is -1.60. The number of carbonyl (C=O) groups is 2. The molecule has 9 nitrogen and oxygen atoms in total. The fraction of sp³-hybridized carbons (Fsp3) is 0.0870. The van der Waals surface area contributed by atoms with Gasteiger partial charge in [0, 0.05) is 5.56 Å². The van der Waals surface area contributed by atoms with Gasteiger partial charge in [-0.1, -0.05) is 48.5 Å². The van der Waals surface area contributed by atoms with Gasteiger partial charge in [0.05, 0.1) is 29.5 Å². The summed E-state index contributed by atoms with van der Waals surface area (Å²) in [4.78, 5) is 23.9. The second-order valence-electron chi connectivity index (χ2n) is 6.68. The summed E-state index contributed by atoms with van der Waals surface area (Å²) in [6.07, 6.45) is 1.18. The summed E-state index contributed by atoms with van der Waals surface area (Å²) in [7, 11) is -2.71. The Labute approximate surface area is 191 Å². The molecule has 3 aromatic rings. The standard InChI is InChI=1S/C23H21N3O6S/c1-32-21-14-8-7-13-20(21)26(33(30,31)18-10-3-2-4-11-18)16-22(27)25-24-15-17-9-5-6-12-19(17)23(28)29/h2-15H,16H2,1H3,(H,25,27)(H,28,29)/b24-15-. The van der Waals surface area contributed by atoms with Gasteiger partial charge < -0.3 is 9.84 Å². The smallest absolute Gasteiger partial charge is 0.336 e. The lowest BCUT2D eigenvalue weighted by Gasteiger charge is -2.25. The van der Waals surface area contributed by atoms with Crippen LogP contribution in [0.1, 0.15) is 15.9 Å². The monoisotopic (exact) mass is 467 g/mol. The third-order valence-electron chi connectivity index (χ3n) is 4.56. The Morgan fingerprint density at radius 1 is 1.00 bits per heavy atom. The number of aromatic carboxylic acids is 1. The van der Waals surface area contributed by atoms with Crippen molar-refractivity contribution in [2.75, 3.05) is 18.0 Å². The molecule has 0 spiro atoms. The predicted molar refractivity (Wildman–Crippen MR) is 123 cm³/mol. The van der Waals surface area contributed by atoms with Gasteiger partial charge in [-0.3, -0.25) is 9.10 Å². The van der Waals surface area contributed by atoms with Crippen LogP contribution in [0.5, 0.6) is 5.75 Å². The average Bonchev–Trinajstić information content (AvgIpc) is 2.83. The van der Waals surface area contributed by atoms with Crippen molar-refractivity contribution in [2.24, 2.45) is 5.10 Å². The highest BCUT2D eigenvalue weighted by Crippen LogP contribution is 2.31. The highest BCUT2D eigenvalue weighted by atomic mass is 32.2. The van der Waals surface area contributed by atoms with E-state index in [0.717, 1.165) is 4.31 Å². The molecule has 0 saturated heterocycles. The van der Waals surface area contributed by atoms with Crippen molar-refractivity contribution in [2.45, 2.75) is 4.90 Å². The molecule has 1 amide bonds. The second kappa shape index (κ2) is 10.4. The number of anilines is 1. The van der Waals surface area contributed by atoms with E-state index in [1.165, 1.54) is 43.7 Å². The number of benzene rings is 3. The molecule has 0 bridgehead atoms. The third-order valence-corrected chi connectivity index (χ3v) is 6.33. The van der Waals surface area contributed by atoms with E-state index >= 15 is 0 Å². The molecule has 170 valence electrons. The van der Waals surface area contributed by atoms with Crippen molar-refractivity contribution in [3.63, 3.8) is 0 Å². The number of ether oxygens (including phenoxy) is 1. The van der Waals surface area contributed by atoms with Gasteiger partial charge in [-0.25, -0.2) is 18.6 Å². The first-order valence-corrected chi connectivity index (χ1v) is 11.1. The van der Waals surface area contributed by atoms with Crippen molar-refractivity contribution in [1.29, 1.82) is 0 Å². The molecule has 0 radical (unpaired) electrons. The summed E-state index contributed by atoms with van der Waals surface area (Å²) in [6, 6.07) is 20.3. The zero-order chi connectivity index (χ0) is 23.8. The van der Waals surface area contributed by atoms with E-state index in [-0.39, 0.29) is 27.5 Å². The topological polar surface area (TPSA) is 125 Å². The molecule has 0 heterocycles. The van der Waals surface area contributed by atoms with Crippen LogP contribution in [0, 0.1) is 0 Å². The molecule has 0 unspecified atom stereocenters. The average molecular weight is 468 g/mol. The number of hydrogen-bond donors (Lipinski definition) is 2. The quantitative estimate of drug-likeness (QED) is 0.368. The van der Waals surface area contributed by atoms with Crippen LogP contribution in [0.15, 0.2) is 88.9 Å². The molecule has 0 fully saturated rings. The Bertz CT molecular complexity index is 1280. The molecule has 0 saturated carbocycles. The summed E-state index contributed by atoms with van der Waals surface area (Å²) < 4.78 is 32.9. The van der Waals surface area contributed by atoms with Crippen LogP contribution in [-0.4, -0.2) is 45.3 Å². The Balaban J connectivity index is 1.88. The fourth-order valence-corrected chi connectivity index (χ4v) is 4.45. The number of hydrazone groups is 1. The third kappa shape index (κ3) is 5.55. The number of nitrogens with zero attached hydrogens (tertiary/aromatic N) is 2. The summed E-state index contributed by atoms with van der Waals surface area (Å²) in [5.41, 5.74) is 2.72. The summed E-state index contributed by atoms with van der Waals surface area (Å²) in [5, 5.41) is 13.0. The van der Waals surface area contributed by atoms with Crippen LogP contribution in [-0.2, 0) is 14.8 Å². The zero-order valence-corrected chi connectivity index (χ0v) is 18.4. The van der Waals surface area contributed by atoms with Crippen LogP contribution in [0.3, 0.4) is 0 Å². The SMILES string of the molecule is COc1ccccc1N(CC(=O)N/N=C\c1ccccc1C(=O)O)S(=O)(=O)c1ccccc1. The maximum absolute atomic E-state index is 13.3. The number of sulfonamides is 1. The molecule has 2 N–H and O–H groups in total. The van der Waals surface area contributed by atoms with E-state index < -0.39 is 28.4 Å². The molecule has 0 aromatic heterocycles. The van der Waals surface area contributed by atoms with E-state index in [1.807, 2.05) is 0 Å². The Morgan fingerprint density at radius 3 is 2.33 bits per heavy atom. The largest absolute Gasteiger partial charge is 0.495 e. The van der Waals surface area contributed by atoms with Gasteiger partial charge in [0.2, 0.25) is 0 Å². The van der Waals surface area contributed by atoms with Gasteiger partial charge >= 0.3 is 5.97 Å². The first-order valence-electron chi connectivity index (χ1n) is 9.69. The molecule has 0 aliphatic rings. The van der Waals surface area contributed by atoms with Crippen LogP contribution >= 0.6 is 0 Å². The molecule has 0 aliphatic heterocycles. The van der Waals surface area contributed by atoms with Crippen molar-refractivity contribution in [1.82, 2.24) is 5.43 Å². The van der Waals surface area contributed by atoms with Gasteiger partial charge in [-0.2, -0.15) is 5.10 Å². The number of hydrogen-bond acceptors (Lipinski definition) is 6. The summed E-state index contributed by atoms with van der Waals surface area (Å²) in [6.45, 7) is -0.588. The van der Waals surface area contributed by atoms with Crippen molar-refractivity contribution in [3.8, 4) is 5.75 Å². The number of methoxy groups -OCH3 is 1. The summed E-state index contributed by atoms with van der Waals surface area (Å²) >= 11 is 0. The minimum absolute atomic E-state index is 0.00240. The van der Waals surface area contributed by atoms with Crippen molar-refractivity contribution >= 4 is 33.8 Å². The first-order chi connectivity index (χ1) is 15.8. The highest BCUT2D eigenvalue weighted by Gasteiger charge is 2.29. The predicted octanol–water partition coefficient (Wildman–Crippen LogP) is 2.74. The van der Waals surface area contributed by atoms with Gasteiger partial charge in [0.25, 0.3) is 15.9 Å². The van der Waals surface area contributed by atoms with E-state index in [2.05, 4.69) is 10.5 Å². The van der Waals surface area contributed by atoms with E-state index in [1.54, 1.807) is 48.5 Å². The maximum Gasteiger partial charge on any atom is 0.336 e. The number of carboxylic acids is 1. The molecule has 0 atom stereocenters. The highest BCUT2D eigenvalue weighted by molar-refractivity contribution is 7.92. The van der Waals surface area contributed by atoms with Crippen molar-refractivity contribution in [3.05, 3.63) is 90.0 Å². The van der Waals surface area contributed by atoms with Gasteiger partial charge in [0.15, 0.2) is 0 Å². The van der Waals surface area contributed by atoms with Crippen molar-refractivity contribution < 1.29 is 27.9 Å². The Morgan fingerprint density at radius 2 is 1.64 bits per heavy atom. The minimum Gasteiger partial charge on any atom is -0.495 e. The number of rotatable bonds is 9. The number of amides is 1. The molecule has 33 heavy (non-hydrogen) atoms. The second-order valence-corrected chi connectivity index (χ2v) is 8.54. The lowest BCUT2D eigenvalue weighted by molar-refractivity contribution is -0.119. The van der Waals surface area contributed by atoms with Gasteiger partial charge in [-0.15, -0.1) is 0 Å². The van der Waals surface area contributed by atoms with Crippen LogP contribution in [0.4, 0.5) is 5.69 Å². The molecular weight excluding hydrogens is 446 g/mol. The van der Waals surface area contributed by atoms with E-state index in [4.69, 9.17) is 4.74 Å². The van der Waals surface area contributed by atoms with Crippen LogP contribution in [0.2, 0.25) is 0 Å². The molecular formula is C23H21N3O6S. The lowest BCUT2D eigenvalue weighted by atomic mass is 10.1. The Hall–Kier alpha value is -4.18. The molecule has 3 rings (SSSR count). The van der Waals surface area contributed by atoms with Gasteiger partial charge in [0.1, 0.15) is 12.3 Å². The lowest BCUT2D eigenvalue weighted by Crippen LogP contribution is -2.39. The normalized spacial score (nSPS) is 11.2. The van der Waals surface area contributed by atoms with Gasteiger partial charge in [-0.05, 0) is 30.3 Å². The number of carboxylic acid groups (broad SMARTS) is 1. The number of para-hydroxylation sites is 2. The molecule has 10 heteroatoms. The Kier molecular flexibility index (Phi) is 7.42. The minimum atomic E-state index is -4.11. The van der Waals surface area contributed by atoms with E-state index in [0.29, 0.717) is 0 Å². The molecule has 3 aromatic carbocycles. The first kappa shape index (κ1) is 23.5. The van der Waals surface area contributed by atoms with Crippen LogP contribution < -0.4 is 14.5 Å². The molecule has 0 aliphatic carbocycles. The number of carbonyl (C=O) groups excluding carboxylic acids is 1. The van der Waals surface area contributed by atoms with E-state index in [9.17, 15) is 23.1 Å². The maximum atomic E-state index is 13.3. The zero-order valence-electron chi connectivity index (χ0n) is 17.6. The van der Waals surface area contributed by atoms with Crippen LogP contribution in [0.25, 0.3) is 0 Å².